The Hall–Kier alpha value is -3.55. The van der Waals surface area contributed by atoms with Crippen LogP contribution < -0.4 is 16.6 Å². The third-order valence-electron chi connectivity index (χ3n) is 5.24. The molecule has 184 valence electrons. The summed E-state index contributed by atoms with van der Waals surface area (Å²) in [6.07, 6.45) is -5.45. The first-order chi connectivity index (χ1) is 16.1. The Bertz CT molecular complexity index is 1150. The maximum atomic E-state index is 13.6. The molecule has 0 aliphatic carbocycles. The Morgan fingerprint density at radius 2 is 1.91 bits per heavy atom. The van der Waals surface area contributed by atoms with Crippen LogP contribution in [0.4, 0.5) is 4.39 Å². The first-order valence-corrected chi connectivity index (χ1v) is 10.4. The first kappa shape index (κ1) is 25.1. The van der Waals surface area contributed by atoms with Gasteiger partial charge in [0.1, 0.15) is 36.7 Å². The number of phenols is 1. The van der Waals surface area contributed by atoms with Crippen LogP contribution in [-0.2, 0) is 25.5 Å². The summed E-state index contributed by atoms with van der Waals surface area (Å²) in [5, 5.41) is 32.4. The number of phenolic OH excluding ortho intramolecular Hbond substituents is 1. The maximum absolute atomic E-state index is 13.6. The number of hydrogen-bond acceptors (Lipinski definition) is 9. The molecule has 1 fully saturated rings. The number of amides is 1. The monoisotopic (exact) mass is 481 g/mol. The summed E-state index contributed by atoms with van der Waals surface area (Å²) >= 11 is 0. The minimum absolute atomic E-state index is 0.0300. The summed E-state index contributed by atoms with van der Waals surface area (Å²) in [6, 6.07) is 4.89. The lowest BCUT2D eigenvalue weighted by molar-refractivity contribution is -0.154. The van der Waals surface area contributed by atoms with Crippen LogP contribution in [0.3, 0.4) is 0 Å². The molecule has 2 aromatic rings. The van der Waals surface area contributed by atoms with Gasteiger partial charge in [-0.2, -0.15) is 4.39 Å². The van der Waals surface area contributed by atoms with E-state index >= 15 is 0 Å². The summed E-state index contributed by atoms with van der Waals surface area (Å²) < 4.78 is 24.7. The molecule has 3 rings (SSSR count). The van der Waals surface area contributed by atoms with Gasteiger partial charge < -0.3 is 30.1 Å². The third-order valence-corrected chi connectivity index (χ3v) is 5.24. The molecule has 12 nitrogen and oxygen atoms in total. The van der Waals surface area contributed by atoms with Crippen LogP contribution >= 0.6 is 0 Å². The Labute approximate surface area is 191 Å². The lowest BCUT2D eigenvalue weighted by Gasteiger charge is -2.20. The second kappa shape index (κ2) is 10.6. The molecular weight excluding hydrogens is 457 g/mol. The van der Waals surface area contributed by atoms with Crippen LogP contribution in [0.1, 0.15) is 25.1 Å². The molecule has 1 aliphatic heterocycles. The standard InChI is InChI=1S/C21H24FN3O9/c1-2-15(27)23-13(7-10-3-5-11(26)6-4-10)20(31)33-9-14-16(28)17(29)19(34-14)25-8-12(22)18(30)24-21(25)32/h3-6,8,13-14,16-17,19,26,28-29H,2,7,9H2,1H3,(H,23,27)(H,24,30,32)/t13-,14-,16?,17?,19-/m0/s1. The number of aliphatic hydroxyl groups excluding tert-OH is 2. The second-order valence-corrected chi connectivity index (χ2v) is 7.66. The van der Waals surface area contributed by atoms with Crippen LogP contribution in [0.25, 0.3) is 0 Å². The molecule has 5 N–H and O–H groups in total. The van der Waals surface area contributed by atoms with Gasteiger partial charge in [-0.15, -0.1) is 0 Å². The van der Waals surface area contributed by atoms with Crippen molar-refractivity contribution in [2.75, 3.05) is 6.61 Å². The van der Waals surface area contributed by atoms with Gasteiger partial charge in [0.25, 0.3) is 5.56 Å². The third kappa shape index (κ3) is 5.68. The van der Waals surface area contributed by atoms with Crippen molar-refractivity contribution in [2.45, 2.75) is 50.3 Å². The minimum Gasteiger partial charge on any atom is -0.508 e. The zero-order valence-electron chi connectivity index (χ0n) is 18.0. The molecule has 0 radical (unpaired) electrons. The van der Waals surface area contributed by atoms with Crippen molar-refractivity contribution in [2.24, 2.45) is 0 Å². The number of ether oxygens (including phenoxy) is 2. The molecule has 0 bridgehead atoms. The number of aromatic amines is 1. The number of aromatic hydroxyl groups is 1. The average molecular weight is 481 g/mol. The molecule has 5 atom stereocenters. The second-order valence-electron chi connectivity index (χ2n) is 7.66. The van der Waals surface area contributed by atoms with Crippen molar-refractivity contribution in [3.63, 3.8) is 0 Å². The highest BCUT2D eigenvalue weighted by atomic mass is 19.1. The molecule has 0 saturated carbocycles. The van der Waals surface area contributed by atoms with E-state index in [4.69, 9.17) is 9.47 Å². The SMILES string of the molecule is CCC(=O)N[C@@H](Cc1ccc(O)cc1)C(=O)OC[C@@H]1O[C@H](n2cc(F)c(=O)[nH]c2=O)C(O)C1O. The molecule has 34 heavy (non-hydrogen) atoms. The van der Waals surface area contributed by atoms with Crippen LogP contribution in [0.15, 0.2) is 40.1 Å². The number of hydrogen-bond donors (Lipinski definition) is 5. The van der Waals surface area contributed by atoms with Gasteiger partial charge in [0, 0.05) is 12.8 Å². The Morgan fingerprint density at radius 1 is 1.24 bits per heavy atom. The Morgan fingerprint density at radius 3 is 2.56 bits per heavy atom. The lowest BCUT2D eigenvalue weighted by atomic mass is 10.1. The number of aromatic nitrogens is 2. The fourth-order valence-electron chi connectivity index (χ4n) is 3.37. The number of aliphatic hydroxyl groups is 2. The van der Waals surface area contributed by atoms with Crippen LogP contribution in [0, 0.1) is 5.82 Å². The molecule has 1 saturated heterocycles. The zero-order valence-corrected chi connectivity index (χ0v) is 18.0. The average Bonchev–Trinajstić information content (AvgIpc) is 3.09. The minimum atomic E-state index is -1.70. The van der Waals surface area contributed by atoms with Crippen LogP contribution in [0.5, 0.6) is 5.75 Å². The van der Waals surface area contributed by atoms with Gasteiger partial charge in [0.05, 0.1) is 6.20 Å². The Kier molecular flexibility index (Phi) is 7.81. The van der Waals surface area contributed by atoms with Gasteiger partial charge in [-0.1, -0.05) is 19.1 Å². The van der Waals surface area contributed by atoms with Crippen molar-refractivity contribution >= 4 is 11.9 Å². The first-order valence-electron chi connectivity index (χ1n) is 10.4. The van der Waals surface area contributed by atoms with Crippen LogP contribution in [-0.4, -0.2) is 67.7 Å². The molecule has 2 heterocycles. The highest BCUT2D eigenvalue weighted by Gasteiger charge is 2.45. The fourth-order valence-corrected chi connectivity index (χ4v) is 3.37. The normalized spacial score (nSPS) is 22.8. The van der Waals surface area contributed by atoms with Gasteiger partial charge in [-0.25, -0.2) is 9.59 Å². The molecule has 1 aromatic heterocycles. The van der Waals surface area contributed by atoms with Gasteiger partial charge in [0.15, 0.2) is 6.23 Å². The van der Waals surface area contributed by atoms with E-state index in [1.165, 1.54) is 12.1 Å². The van der Waals surface area contributed by atoms with Gasteiger partial charge in [0.2, 0.25) is 11.7 Å². The smallest absolute Gasteiger partial charge is 0.330 e. The van der Waals surface area contributed by atoms with E-state index < -0.39 is 66.1 Å². The van der Waals surface area contributed by atoms with E-state index in [-0.39, 0.29) is 18.6 Å². The largest absolute Gasteiger partial charge is 0.508 e. The predicted octanol–water partition coefficient (Wildman–Crippen LogP) is -1.32. The van der Waals surface area contributed by atoms with Gasteiger partial charge in [-0.3, -0.25) is 19.1 Å². The van der Waals surface area contributed by atoms with E-state index in [1.807, 2.05) is 0 Å². The van der Waals surface area contributed by atoms with Crippen LogP contribution in [0.2, 0.25) is 0 Å². The van der Waals surface area contributed by atoms with Crippen molar-refractivity contribution < 1.29 is 38.8 Å². The summed E-state index contributed by atoms with van der Waals surface area (Å²) in [5.41, 5.74) is -1.70. The summed E-state index contributed by atoms with van der Waals surface area (Å²) in [5.74, 6) is -2.53. The number of rotatable bonds is 8. The molecule has 0 spiro atoms. The van der Waals surface area contributed by atoms with Crippen molar-refractivity contribution in [1.29, 1.82) is 0 Å². The lowest BCUT2D eigenvalue weighted by Crippen LogP contribution is -2.44. The highest BCUT2D eigenvalue weighted by Crippen LogP contribution is 2.28. The number of H-pyrrole nitrogens is 1. The van der Waals surface area contributed by atoms with E-state index in [9.17, 15) is 38.9 Å². The molecule has 13 heteroatoms. The molecular formula is C21H24FN3O9. The predicted molar refractivity (Wildman–Crippen MR) is 112 cm³/mol. The van der Waals surface area contributed by atoms with Crippen molar-refractivity contribution in [1.82, 2.24) is 14.9 Å². The summed E-state index contributed by atoms with van der Waals surface area (Å²) in [4.78, 5) is 49.4. The number of carbonyl (C=O) groups excluding carboxylic acids is 2. The van der Waals surface area contributed by atoms with E-state index in [1.54, 1.807) is 24.0 Å². The topological polar surface area (TPSA) is 180 Å². The number of esters is 1. The van der Waals surface area contributed by atoms with Gasteiger partial charge >= 0.3 is 11.7 Å². The van der Waals surface area contributed by atoms with E-state index in [0.29, 0.717) is 16.3 Å². The quantitative estimate of drug-likeness (QED) is 0.286. The van der Waals surface area contributed by atoms with Crippen molar-refractivity contribution in [3.05, 3.63) is 62.7 Å². The van der Waals surface area contributed by atoms with Crippen molar-refractivity contribution in [3.8, 4) is 5.75 Å². The number of nitrogens with zero attached hydrogens (tertiary/aromatic N) is 1. The van der Waals surface area contributed by atoms with E-state index in [2.05, 4.69) is 5.32 Å². The summed E-state index contributed by atoms with van der Waals surface area (Å²) in [6.45, 7) is 1.05. The zero-order chi connectivity index (χ0) is 25.0. The number of benzene rings is 1. The molecule has 1 amide bonds. The number of carbonyl (C=O) groups is 2. The number of halogens is 1. The summed E-state index contributed by atoms with van der Waals surface area (Å²) in [7, 11) is 0. The highest BCUT2D eigenvalue weighted by molar-refractivity contribution is 5.84. The molecule has 1 aliphatic rings. The molecule has 1 aromatic carbocycles. The van der Waals surface area contributed by atoms with E-state index in [0.717, 1.165) is 0 Å². The number of nitrogens with one attached hydrogen (secondary N) is 2. The van der Waals surface area contributed by atoms with Gasteiger partial charge in [-0.05, 0) is 17.7 Å². The molecule has 2 unspecified atom stereocenters. The Balaban J connectivity index is 1.69. The fraction of sp³-hybridized carbons (Fsp3) is 0.429. The maximum Gasteiger partial charge on any atom is 0.330 e.